The van der Waals surface area contributed by atoms with Crippen LogP contribution in [0.3, 0.4) is 0 Å². The Hall–Kier alpha value is -5.46. The molecule has 9 aromatic carbocycles. The van der Waals surface area contributed by atoms with Crippen molar-refractivity contribution in [3.05, 3.63) is 145 Å². The summed E-state index contributed by atoms with van der Waals surface area (Å²) in [5.41, 5.74) is 13.4. The van der Waals surface area contributed by atoms with Crippen LogP contribution in [-0.2, 0) is 0 Å². The summed E-state index contributed by atoms with van der Waals surface area (Å²) in [7, 11) is 0. The number of hydrogen-bond acceptors (Lipinski definition) is 0. The van der Waals surface area contributed by atoms with Crippen LogP contribution < -0.4 is 0 Å². The lowest BCUT2D eigenvalue weighted by Crippen LogP contribution is -1.97. The van der Waals surface area contributed by atoms with E-state index in [2.05, 4.69) is 161 Å². The lowest BCUT2D eigenvalue weighted by Gasteiger charge is -2.21. The average molecular weight is 613 g/mol. The topological polar surface area (TPSA) is 0 Å². The Labute approximate surface area is 281 Å². The molecule has 1 aliphatic carbocycles. The van der Waals surface area contributed by atoms with Crippen LogP contribution in [0.4, 0.5) is 0 Å². The molecule has 0 heteroatoms. The summed E-state index contributed by atoms with van der Waals surface area (Å²) >= 11 is 0. The Bertz CT molecular complexity index is 2740. The van der Waals surface area contributed by atoms with E-state index in [1.165, 1.54) is 109 Å². The Kier molecular flexibility index (Phi) is 5.77. The zero-order valence-corrected chi connectivity index (χ0v) is 27.9. The summed E-state index contributed by atoms with van der Waals surface area (Å²) in [5.74, 6) is 0.891. The maximum atomic E-state index is 2.47. The SMILES string of the molecule is CC(C)c1ccc2ccc3c(C(C)C)cc(-c4ccc5ccc(-c6ccc7c8c(cccc68)-c6ccccc6-7)cc5c4)c4ccc1c2c43. The van der Waals surface area contributed by atoms with Crippen molar-refractivity contribution in [2.75, 3.05) is 0 Å². The molecule has 0 amide bonds. The smallest absolute Gasteiger partial charge is 0.00176 e. The summed E-state index contributed by atoms with van der Waals surface area (Å²) < 4.78 is 0. The molecule has 228 valence electrons. The number of hydrogen-bond donors (Lipinski definition) is 0. The second-order valence-corrected chi connectivity index (χ2v) is 14.4. The first-order valence-corrected chi connectivity index (χ1v) is 17.4. The van der Waals surface area contributed by atoms with E-state index in [0.29, 0.717) is 11.8 Å². The Morgan fingerprint density at radius 1 is 0.312 bits per heavy atom. The van der Waals surface area contributed by atoms with Crippen molar-refractivity contribution in [3.8, 4) is 44.5 Å². The fraction of sp³-hybridized carbons (Fsp3) is 0.125. The molecule has 0 N–H and O–H groups in total. The number of rotatable bonds is 4. The molecular formula is C48H36. The van der Waals surface area contributed by atoms with Gasteiger partial charge >= 0.3 is 0 Å². The summed E-state index contributed by atoms with van der Waals surface area (Å²) in [6.45, 7) is 9.28. The van der Waals surface area contributed by atoms with Crippen LogP contribution in [0.25, 0.3) is 98.4 Å². The highest BCUT2D eigenvalue weighted by Crippen LogP contribution is 2.50. The quantitative estimate of drug-likeness (QED) is 0.173. The van der Waals surface area contributed by atoms with Gasteiger partial charge in [0.05, 0.1) is 0 Å². The van der Waals surface area contributed by atoms with E-state index >= 15 is 0 Å². The van der Waals surface area contributed by atoms with Gasteiger partial charge in [0.2, 0.25) is 0 Å². The molecule has 48 heavy (non-hydrogen) atoms. The van der Waals surface area contributed by atoms with E-state index in [1.54, 1.807) is 0 Å². The van der Waals surface area contributed by atoms with Gasteiger partial charge in [-0.25, -0.2) is 0 Å². The van der Waals surface area contributed by atoms with E-state index < -0.39 is 0 Å². The third-order valence-electron chi connectivity index (χ3n) is 11.1. The van der Waals surface area contributed by atoms with E-state index in [4.69, 9.17) is 0 Å². The Morgan fingerprint density at radius 2 is 0.875 bits per heavy atom. The van der Waals surface area contributed by atoms with Gasteiger partial charge in [-0.05, 0) is 140 Å². The van der Waals surface area contributed by atoms with Crippen LogP contribution in [-0.4, -0.2) is 0 Å². The molecule has 10 rings (SSSR count). The van der Waals surface area contributed by atoms with Crippen molar-refractivity contribution < 1.29 is 0 Å². The standard InChI is InChI=1S/C48H36/c1-27(2)34-18-16-30-17-19-42-44(28(3)4)26-45(43-23-22-40(34)46(30)48(42)43)32-15-13-29-12-14-31(24-33(29)25-32)35-20-21-41-37-9-6-5-8-36(37)39-11-7-10-38(35)47(39)41/h5-28H,1-4H3. The second kappa shape index (κ2) is 10.0. The van der Waals surface area contributed by atoms with Gasteiger partial charge in [0.1, 0.15) is 0 Å². The molecule has 0 bridgehead atoms. The highest BCUT2D eigenvalue weighted by atomic mass is 14.3. The maximum absolute atomic E-state index is 2.47. The summed E-state index contributed by atoms with van der Waals surface area (Å²) in [6, 6.07) is 50.9. The van der Waals surface area contributed by atoms with Gasteiger partial charge in [-0.1, -0.05) is 143 Å². The largest absolute Gasteiger partial charge is 0.0616 e. The van der Waals surface area contributed by atoms with Crippen LogP contribution in [0.5, 0.6) is 0 Å². The first-order valence-electron chi connectivity index (χ1n) is 17.4. The minimum atomic E-state index is 0.417. The number of benzene rings is 9. The molecule has 0 saturated carbocycles. The molecule has 0 radical (unpaired) electrons. The predicted octanol–water partition coefficient (Wildman–Crippen LogP) is 14.1. The first-order chi connectivity index (χ1) is 23.5. The van der Waals surface area contributed by atoms with Crippen LogP contribution in [0.1, 0.15) is 50.7 Å². The van der Waals surface area contributed by atoms with Crippen LogP contribution in [0.15, 0.2) is 133 Å². The Morgan fingerprint density at radius 3 is 1.62 bits per heavy atom. The van der Waals surface area contributed by atoms with Crippen molar-refractivity contribution in [1.29, 1.82) is 0 Å². The van der Waals surface area contributed by atoms with E-state index in [-0.39, 0.29) is 0 Å². The van der Waals surface area contributed by atoms with E-state index in [9.17, 15) is 0 Å². The van der Waals surface area contributed by atoms with Gasteiger partial charge < -0.3 is 0 Å². The normalized spacial score (nSPS) is 12.5. The van der Waals surface area contributed by atoms with Crippen molar-refractivity contribution in [3.63, 3.8) is 0 Å². The fourth-order valence-corrected chi connectivity index (χ4v) is 8.81. The van der Waals surface area contributed by atoms with Gasteiger partial charge in [-0.3, -0.25) is 0 Å². The van der Waals surface area contributed by atoms with Crippen LogP contribution in [0.2, 0.25) is 0 Å². The monoisotopic (exact) mass is 612 g/mol. The van der Waals surface area contributed by atoms with Crippen molar-refractivity contribution in [2.45, 2.75) is 39.5 Å². The fourth-order valence-electron chi connectivity index (χ4n) is 8.81. The molecule has 0 spiro atoms. The third kappa shape index (κ3) is 3.78. The lowest BCUT2D eigenvalue weighted by atomic mass is 9.82. The molecule has 0 aromatic heterocycles. The van der Waals surface area contributed by atoms with Crippen molar-refractivity contribution in [2.24, 2.45) is 0 Å². The van der Waals surface area contributed by atoms with Gasteiger partial charge in [0.25, 0.3) is 0 Å². The molecule has 0 aliphatic heterocycles. The summed E-state index contributed by atoms with van der Waals surface area (Å²) in [6.07, 6.45) is 0. The van der Waals surface area contributed by atoms with Gasteiger partial charge in [0.15, 0.2) is 0 Å². The van der Waals surface area contributed by atoms with Gasteiger partial charge in [-0.2, -0.15) is 0 Å². The Balaban J connectivity index is 1.19. The maximum Gasteiger partial charge on any atom is -0.00176 e. The lowest BCUT2D eigenvalue weighted by molar-refractivity contribution is 0.876. The molecule has 1 aliphatic rings. The molecule has 0 heterocycles. The van der Waals surface area contributed by atoms with E-state index in [0.717, 1.165) is 0 Å². The molecule has 0 nitrogen and oxygen atoms in total. The molecule has 0 atom stereocenters. The third-order valence-corrected chi connectivity index (χ3v) is 11.1. The van der Waals surface area contributed by atoms with E-state index in [1.807, 2.05) is 0 Å². The summed E-state index contributed by atoms with van der Waals surface area (Å²) in [5, 5.41) is 13.5. The first kappa shape index (κ1) is 27.6. The van der Waals surface area contributed by atoms with Crippen molar-refractivity contribution in [1.82, 2.24) is 0 Å². The summed E-state index contributed by atoms with van der Waals surface area (Å²) in [4.78, 5) is 0. The molecule has 9 aromatic rings. The minimum absolute atomic E-state index is 0.417. The van der Waals surface area contributed by atoms with Crippen molar-refractivity contribution >= 4 is 53.9 Å². The molecular weight excluding hydrogens is 577 g/mol. The van der Waals surface area contributed by atoms with Crippen LogP contribution >= 0.6 is 0 Å². The van der Waals surface area contributed by atoms with Crippen LogP contribution in [0, 0.1) is 0 Å². The predicted molar refractivity (Wildman–Crippen MR) is 209 cm³/mol. The average Bonchev–Trinajstić information content (AvgIpc) is 3.44. The number of fused-ring (bicyclic) bond motifs is 4. The zero-order chi connectivity index (χ0) is 32.3. The van der Waals surface area contributed by atoms with Gasteiger partial charge in [0, 0.05) is 0 Å². The van der Waals surface area contributed by atoms with Gasteiger partial charge in [-0.15, -0.1) is 0 Å². The molecule has 0 saturated heterocycles. The highest BCUT2D eigenvalue weighted by Gasteiger charge is 2.23. The minimum Gasteiger partial charge on any atom is -0.0616 e. The molecule has 0 fully saturated rings. The zero-order valence-electron chi connectivity index (χ0n) is 27.9. The molecule has 0 unspecified atom stereocenters. The highest BCUT2D eigenvalue weighted by molar-refractivity contribution is 6.27. The second-order valence-electron chi connectivity index (χ2n) is 14.4.